The number of hydrogen-bond donors (Lipinski definition) is 1. The highest BCUT2D eigenvalue weighted by Gasteiger charge is 2.24. The Hall–Kier alpha value is -1.93. The lowest BCUT2D eigenvalue weighted by molar-refractivity contribution is -0.117. The largest absolute Gasteiger partial charge is 0.325 e. The van der Waals surface area contributed by atoms with Gasteiger partial charge in [-0.25, -0.2) is 4.39 Å². The SMILES string of the molecule is N#CCN(CC(=O)Nc1cccc(F)c1)C1CCCC1. The van der Waals surface area contributed by atoms with Crippen LogP contribution in [-0.4, -0.2) is 29.9 Å². The molecule has 1 aliphatic rings. The molecule has 0 unspecified atom stereocenters. The molecule has 0 atom stereocenters. The molecule has 1 amide bonds. The van der Waals surface area contributed by atoms with Crippen molar-refractivity contribution in [3.63, 3.8) is 0 Å². The molecule has 0 aliphatic heterocycles. The van der Waals surface area contributed by atoms with E-state index in [4.69, 9.17) is 5.26 Å². The van der Waals surface area contributed by atoms with Gasteiger partial charge in [-0.1, -0.05) is 18.9 Å². The van der Waals surface area contributed by atoms with Crippen molar-refractivity contribution in [3.8, 4) is 6.07 Å². The van der Waals surface area contributed by atoms with Gasteiger partial charge < -0.3 is 5.32 Å². The van der Waals surface area contributed by atoms with Gasteiger partial charge in [0.2, 0.25) is 5.91 Å². The maximum absolute atomic E-state index is 13.0. The van der Waals surface area contributed by atoms with Crippen LogP contribution < -0.4 is 5.32 Å². The molecule has 1 aromatic rings. The van der Waals surface area contributed by atoms with Crippen molar-refractivity contribution in [3.05, 3.63) is 30.1 Å². The summed E-state index contributed by atoms with van der Waals surface area (Å²) < 4.78 is 13.0. The van der Waals surface area contributed by atoms with Crippen LogP contribution in [0.4, 0.5) is 10.1 Å². The van der Waals surface area contributed by atoms with Gasteiger partial charge in [-0.2, -0.15) is 5.26 Å². The average Bonchev–Trinajstić information content (AvgIpc) is 2.92. The van der Waals surface area contributed by atoms with Crippen LogP contribution >= 0.6 is 0 Å². The third-order valence-electron chi connectivity index (χ3n) is 3.57. The summed E-state index contributed by atoms with van der Waals surface area (Å²) in [6.45, 7) is 0.427. The van der Waals surface area contributed by atoms with Gasteiger partial charge >= 0.3 is 0 Å². The molecule has 1 saturated carbocycles. The monoisotopic (exact) mass is 275 g/mol. The van der Waals surface area contributed by atoms with Gasteiger partial charge in [-0.3, -0.25) is 9.69 Å². The first-order valence-corrected chi connectivity index (χ1v) is 6.85. The summed E-state index contributed by atoms with van der Waals surface area (Å²) in [5.41, 5.74) is 0.443. The number of benzene rings is 1. The molecule has 1 aromatic carbocycles. The van der Waals surface area contributed by atoms with Crippen LogP contribution in [0.1, 0.15) is 25.7 Å². The standard InChI is InChI=1S/C15H18FN3O/c16-12-4-3-5-13(10-12)18-15(20)11-19(9-8-17)14-6-1-2-7-14/h3-5,10,14H,1-2,6-7,9,11H2,(H,18,20). The molecule has 1 N–H and O–H groups in total. The molecule has 0 aromatic heterocycles. The highest BCUT2D eigenvalue weighted by molar-refractivity contribution is 5.92. The number of nitriles is 1. The number of carbonyl (C=O) groups excluding carboxylic acids is 1. The van der Waals surface area contributed by atoms with Gasteiger partial charge in [0.1, 0.15) is 5.82 Å². The van der Waals surface area contributed by atoms with Gasteiger partial charge in [0.05, 0.1) is 19.2 Å². The quantitative estimate of drug-likeness (QED) is 0.840. The fourth-order valence-corrected chi connectivity index (χ4v) is 2.63. The lowest BCUT2D eigenvalue weighted by atomic mass is 10.2. The summed E-state index contributed by atoms with van der Waals surface area (Å²) in [6.07, 6.45) is 4.38. The Balaban J connectivity index is 1.92. The number of amides is 1. The number of hydrogen-bond acceptors (Lipinski definition) is 3. The molecule has 0 radical (unpaired) electrons. The molecule has 20 heavy (non-hydrogen) atoms. The van der Waals surface area contributed by atoms with E-state index in [0.717, 1.165) is 25.7 Å². The Labute approximate surface area is 118 Å². The fraction of sp³-hybridized carbons (Fsp3) is 0.467. The van der Waals surface area contributed by atoms with Crippen molar-refractivity contribution in [1.29, 1.82) is 5.26 Å². The minimum absolute atomic E-state index is 0.175. The first-order chi connectivity index (χ1) is 9.69. The van der Waals surface area contributed by atoms with Gasteiger partial charge in [0.15, 0.2) is 0 Å². The summed E-state index contributed by atoms with van der Waals surface area (Å²) in [5.74, 6) is -0.592. The highest BCUT2D eigenvalue weighted by Crippen LogP contribution is 2.23. The van der Waals surface area contributed by atoms with Gasteiger partial charge in [0.25, 0.3) is 0 Å². The van der Waals surface area contributed by atoms with E-state index in [1.807, 2.05) is 4.90 Å². The Morgan fingerprint density at radius 1 is 1.45 bits per heavy atom. The summed E-state index contributed by atoms with van der Waals surface area (Å²) in [6, 6.07) is 8.23. The number of carbonyl (C=O) groups is 1. The van der Waals surface area contributed by atoms with Crippen molar-refractivity contribution in [1.82, 2.24) is 4.90 Å². The van der Waals surface area contributed by atoms with Gasteiger partial charge in [-0.15, -0.1) is 0 Å². The van der Waals surface area contributed by atoms with Crippen LogP contribution in [0.2, 0.25) is 0 Å². The zero-order valence-electron chi connectivity index (χ0n) is 11.3. The van der Waals surface area contributed by atoms with E-state index in [2.05, 4.69) is 11.4 Å². The molecule has 106 valence electrons. The van der Waals surface area contributed by atoms with Crippen LogP contribution in [0, 0.1) is 17.1 Å². The van der Waals surface area contributed by atoms with Crippen molar-refractivity contribution in [2.24, 2.45) is 0 Å². The van der Waals surface area contributed by atoms with E-state index in [9.17, 15) is 9.18 Å². The van der Waals surface area contributed by atoms with E-state index in [1.54, 1.807) is 12.1 Å². The van der Waals surface area contributed by atoms with Crippen molar-refractivity contribution in [2.45, 2.75) is 31.7 Å². The maximum Gasteiger partial charge on any atom is 0.238 e. The molecular weight excluding hydrogens is 257 g/mol. The molecule has 5 heteroatoms. The molecule has 1 aliphatic carbocycles. The van der Waals surface area contributed by atoms with Crippen LogP contribution in [0.3, 0.4) is 0 Å². The second-order valence-corrected chi connectivity index (χ2v) is 5.06. The fourth-order valence-electron chi connectivity index (χ4n) is 2.63. The first-order valence-electron chi connectivity index (χ1n) is 6.85. The van der Waals surface area contributed by atoms with E-state index in [1.165, 1.54) is 12.1 Å². The molecule has 1 fully saturated rings. The minimum atomic E-state index is -0.382. The highest BCUT2D eigenvalue weighted by atomic mass is 19.1. The Kier molecular flexibility index (Phi) is 5.08. The maximum atomic E-state index is 13.0. The Bertz CT molecular complexity index is 506. The second kappa shape index (κ2) is 7.01. The zero-order chi connectivity index (χ0) is 14.4. The predicted octanol–water partition coefficient (Wildman–Crippen LogP) is 2.53. The van der Waals surface area contributed by atoms with Crippen molar-refractivity contribution in [2.75, 3.05) is 18.4 Å². The number of halogens is 1. The number of nitrogens with one attached hydrogen (secondary N) is 1. The normalized spacial score (nSPS) is 15.2. The first kappa shape index (κ1) is 14.5. The third-order valence-corrected chi connectivity index (χ3v) is 3.57. The average molecular weight is 275 g/mol. The van der Waals surface area contributed by atoms with Crippen LogP contribution in [0.25, 0.3) is 0 Å². The van der Waals surface area contributed by atoms with E-state index in [-0.39, 0.29) is 24.8 Å². The molecule has 0 bridgehead atoms. The Morgan fingerprint density at radius 2 is 2.20 bits per heavy atom. The predicted molar refractivity (Wildman–Crippen MR) is 74.5 cm³/mol. The summed E-state index contributed by atoms with van der Waals surface area (Å²) in [7, 11) is 0. The van der Waals surface area contributed by atoms with Gasteiger partial charge in [-0.05, 0) is 31.0 Å². The van der Waals surface area contributed by atoms with Crippen LogP contribution in [-0.2, 0) is 4.79 Å². The summed E-state index contributed by atoms with van der Waals surface area (Å²) in [4.78, 5) is 13.9. The molecule has 0 saturated heterocycles. The third kappa shape index (κ3) is 4.04. The molecule has 4 nitrogen and oxygen atoms in total. The van der Waals surface area contributed by atoms with Crippen molar-refractivity contribution < 1.29 is 9.18 Å². The minimum Gasteiger partial charge on any atom is -0.325 e. The Morgan fingerprint density at radius 3 is 2.85 bits per heavy atom. The van der Waals surface area contributed by atoms with Crippen molar-refractivity contribution >= 4 is 11.6 Å². The molecule has 0 heterocycles. The van der Waals surface area contributed by atoms with E-state index >= 15 is 0 Å². The molecule has 2 rings (SSSR count). The van der Waals surface area contributed by atoms with E-state index in [0.29, 0.717) is 11.7 Å². The van der Waals surface area contributed by atoms with Crippen LogP contribution in [0.15, 0.2) is 24.3 Å². The van der Waals surface area contributed by atoms with Crippen LogP contribution in [0.5, 0.6) is 0 Å². The smallest absolute Gasteiger partial charge is 0.238 e. The lowest BCUT2D eigenvalue weighted by Crippen LogP contribution is -2.39. The second-order valence-electron chi connectivity index (χ2n) is 5.06. The summed E-state index contributed by atoms with van der Waals surface area (Å²) in [5, 5.41) is 11.5. The molecular formula is C15H18FN3O. The van der Waals surface area contributed by atoms with E-state index < -0.39 is 0 Å². The van der Waals surface area contributed by atoms with Gasteiger partial charge in [0, 0.05) is 11.7 Å². The summed E-state index contributed by atoms with van der Waals surface area (Å²) >= 11 is 0. The number of anilines is 1. The molecule has 0 spiro atoms. The lowest BCUT2D eigenvalue weighted by Gasteiger charge is -2.25. The topological polar surface area (TPSA) is 56.1 Å². The zero-order valence-corrected chi connectivity index (χ0v) is 11.3. The number of nitrogens with zero attached hydrogens (tertiary/aromatic N) is 2. The number of rotatable bonds is 5.